The summed E-state index contributed by atoms with van der Waals surface area (Å²) in [5.41, 5.74) is 1.07. The largest absolute Gasteiger partial charge is 0.373 e. The fourth-order valence-corrected chi connectivity index (χ4v) is 2.97. The number of morpholine rings is 1. The van der Waals surface area contributed by atoms with E-state index in [1.165, 1.54) is 0 Å². The number of nitrogens with zero attached hydrogens (tertiary/aromatic N) is 1. The zero-order valence-electron chi connectivity index (χ0n) is 15.2. The molecule has 0 saturated carbocycles. The van der Waals surface area contributed by atoms with Crippen molar-refractivity contribution in [1.29, 1.82) is 0 Å². The van der Waals surface area contributed by atoms with Crippen molar-refractivity contribution in [3.63, 3.8) is 0 Å². The summed E-state index contributed by atoms with van der Waals surface area (Å²) < 4.78 is 11.4. The van der Waals surface area contributed by atoms with Crippen LogP contribution < -0.4 is 5.32 Å². The van der Waals surface area contributed by atoms with Gasteiger partial charge in [0.1, 0.15) is 6.10 Å². The number of nitrogens with one attached hydrogen (secondary N) is 1. The summed E-state index contributed by atoms with van der Waals surface area (Å²) in [4.78, 5) is 14.6. The van der Waals surface area contributed by atoms with Gasteiger partial charge in [0.25, 0.3) is 0 Å². The molecule has 1 aromatic carbocycles. The van der Waals surface area contributed by atoms with Crippen molar-refractivity contribution in [2.45, 2.75) is 58.7 Å². The molecule has 1 heterocycles. The number of hydrogen-bond donors (Lipinski definition) is 1. The lowest BCUT2D eigenvalue weighted by atomic mass is 10.1. The highest BCUT2D eigenvalue weighted by atomic mass is 16.5. The van der Waals surface area contributed by atoms with E-state index in [1.807, 2.05) is 30.3 Å². The number of carbonyl (C=O) groups is 1. The topological polar surface area (TPSA) is 50.8 Å². The summed E-state index contributed by atoms with van der Waals surface area (Å²) in [5, 5.41) is 3.00. The molecule has 0 aliphatic carbocycles. The molecule has 1 fully saturated rings. The smallest absolute Gasteiger partial charge is 0.248 e. The molecular formula is C19H30N2O3. The van der Waals surface area contributed by atoms with Crippen molar-refractivity contribution >= 4 is 5.91 Å². The highest BCUT2D eigenvalue weighted by molar-refractivity contribution is 5.80. The van der Waals surface area contributed by atoms with E-state index in [9.17, 15) is 4.79 Å². The van der Waals surface area contributed by atoms with Crippen LogP contribution in [0.4, 0.5) is 0 Å². The van der Waals surface area contributed by atoms with Crippen LogP contribution >= 0.6 is 0 Å². The first-order chi connectivity index (χ1) is 11.5. The third-order valence-electron chi connectivity index (χ3n) is 4.35. The van der Waals surface area contributed by atoms with E-state index in [0.29, 0.717) is 13.2 Å². The number of hydrogen-bond acceptors (Lipinski definition) is 4. The van der Waals surface area contributed by atoms with Gasteiger partial charge in [0, 0.05) is 25.7 Å². The molecule has 134 valence electrons. The third kappa shape index (κ3) is 5.89. The molecule has 4 atom stereocenters. The molecule has 0 spiro atoms. The molecule has 0 unspecified atom stereocenters. The highest BCUT2D eigenvalue weighted by Gasteiger charge is 2.26. The molecule has 1 amide bonds. The second kappa shape index (κ2) is 9.16. The maximum atomic E-state index is 12.2. The van der Waals surface area contributed by atoms with Crippen LogP contribution in [0.15, 0.2) is 30.3 Å². The lowest BCUT2D eigenvalue weighted by Crippen LogP contribution is -2.52. The zero-order chi connectivity index (χ0) is 17.5. The quantitative estimate of drug-likeness (QED) is 0.831. The van der Waals surface area contributed by atoms with E-state index >= 15 is 0 Å². The Morgan fingerprint density at radius 3 is 2.50 bits per heavy atom. The van der Waals surface area contributed by atoms with Crippen molar-refractivity contribution in [2.24, 2.45) is 0 Å². The van der Waals surface area contributed by atoms with E-state index in [0.717, 1.165) is 18.7 Å². The average molecular weight is 334 g/mol. The minimum absolute atomic E-state index is 0.0628. The van der Waals surface area contributed by atoms with Crippen molar-refractivity contribution in [3.05, 3.63) is 35.9 Å². The van der Waals surface area contributed by atoms with Crippen LogP contribution in [-0.4, -0.2) is 54.8 Å². The second-order valence-corrected chi connectivity index (χ2v) is 6.74. The molecule has 1 aliphatic heterocycles. The Hall–Kier alpha value is -1.43. The third-order valence-corrected chi connectivity index (χ3v) is 4.35. The first-order valence-electron chi connectivity index (χ1n) is 8.78. The summed E-state index contributed by atoms with van der Waals surface area (Å²) in [6, 6.07) is 10.2. The Labute approximate surface area is 145 Å². The van der Waals surface area contributed by atoms with Gasteiger partial charge in [-0.15, -0.1) is 0 Å². The Kier molecular flexibility index (Phi) is 7.21. The lowest BCUT2D eigenvalue weighted by molar-refractivity contribution is -0.133. The molecule has 1 saturated heterocycles. The van der Waals surface area contributed by atoms with Gasteiger partial charge in [-0.2, -0.15) is 0 Å². The molecule has 0 radical (unpaired) electrons. The minimum atomic E-state index is -0.458. The Bertz CT molecular complexity index is 499. The number of rotatable bonds is 7. The molecule has 1 N–H and O–H groups in total. The van der Waals surface area contributed by atoms with Crippen LogP contribution in [0, 0.1) is 0 Å². The maximum Gasteiger partial charge on any atom is 0.248 e. The molecule has 0 aromatic heterocycles. The van der Waals surface area contributed by atoms with Gasteiger partial charge in [-0.05, 0) is 33.3 Å². The number of amides is 1. The molecule has 1 aromatic rings. The summed E-state index contributed by atoms with van der Waals surface area (Å²) in [5.74, 6) is -0.0628. The monoisotopic (exact) mass is 334 g/mol. The van der Waals surface area contributed by atoms with Crippen molar-refractivity contribution < 1.29 is 14.3 Å². The van der Waals surface area contributed by atoms with Gasteiger partial charge in [-0.25, -0.2) is 0 Å². The zero-order valence-corrected chi connectivity index (χ0v) is 15.2. The van der Waals surface area contributed by atoms with Crippen LogP contribution in [0.25, 0.3) is 0 Å². The van der Waals surface area contributed by atoms with Crippen molar-refractivity contribution in [2.75, 3.05) is 19.6 Å². The molecule has 5 heteroatoms. The Morgan fingerprint density at radius 2 is 1.88 bits per heavy atom. The highest BCUT2D eigenvalue weighted by Crippen LogP contribution is 2.13. The fraction of sp³-hybridized carbons (Fsp3) is 0.632. The van der Waals surface area contributed by atoms with Gasteiger partial charge in [0.15, 0.2) is 0 Å². The molecular weight excluding hydrogens is 304 g/mol. The van der Waals surface area contributed by atoms with E-state index in [4.69, 9.17) is 9.47 Å². The number of carbonyl (C=O) groups excluding carboxylic acids is 1. The Morgan fingerprint density at radius 1 is 1.25 bits per heavy atom. The van der Waals surface area contributed by atoms with E-state index < -0.39 is 6.10 Å². The first kappa shape index (κ1) is 18.9. The first-order valence-corrected chi connectivity index (χ1v) is 8.78. The van der Waals surface area contributed by atoms with Crippen molar-refractivity contribution in [1.82, 2.24) is 10.2 Å². The summed E-state index contributed by atoms with van der Waals surface area (Å²) >= 11 is 0. The van der Waals surface area contributed by atoms with Gasteiger partial charge in [-0.3, -0.25) is 9.69 Å². The number of ether oxygens (including phenoxy) is 2. The van der Waals surface area contributed by atoms with Gasteiger partial charge in [0.05, 0.1) is 18.8 Å². The van der Waals surface area contributed by atoms with E-state index in [2.05, 4.69) is 31.0 Å². The van der Waals surface area contributed by atoms with Gasteiger partial charge >= 0.3 is 0 Å². The predicted molar refractivity (Wildman–Crippen MR) is 94.7 cm³/mol. The van der Waals surface area contributed by atoms with Gasteiger partial charge < -0.3 is 14.8 Å². The van der Waals surface area contributed by atoms with E-state index in [1.54, 1.807) is 6.92 Å². The Balaban J connectivity index is 1.71. The molecule has 2 rings (SSSR count). The summed E-state index contributed by atoms with van der Waals surface area (Å²) in [7, 11) is 0. The lowest BCUT2D eigenvalue weighted by Gasteiger charge is -2.39. The fourth-order valence-electron chi connectivity index (χ4n) is 2.97. The van der Waals surface area contributed by atoms with Gasteiger partial charge in [-0.1, -0.05) is 30.3 Å². The van der Waals surface area contributed by atoms with Crippen LogP contribution in [0.2, 0.25) is 0 Å². The SMILES string of the molecule is C[C@@H]1CN([C@H](C)CNC(=O)[C@@H](C)OCc2ccccc2)C[C@@H](C)O1. The second-order valence-electron chi connectivity index (χ2n) is 6.74. The number of benzene rings is 1. The van der Waals surface area contributed by atoms with Crippen molar-refractivity contribution in [3.8, 4) is 0 Å². The normalized spacial score (nSPS) is 24.3. The summed E-state index contributed by atoms with van der Waals surface area (Å²) in [6.45, 7) is 11.0. The predicted octanol–water partition coefficient (Wildman–Crippen LogP) is 2.21. The molecule has 1 aliphatic rings. The molecule has 5 nitrogen and oxygen atoms in total. The van der Waals surface area contributed by atoms with Crippen LogP contribution in [0.1, 0.15) is 33.3 Å². The maximum absolute atomic E-state index is 12.2. The average Bonchev–Trinajstić information content (AvgIpc) is 2.57. The van der Waals surface area contributed by atoms with Crippen LogP contribution in [0.3, 0.4) is 0 Å². The summed E-state index contributed by atoms with van der Waals surface area (Å²) in [6.07, 6.45) is 0.0139. The van der Waals surface area contributed by atoms with E-state index in [-0.39, 0.29) is 24.2 Å². The van der Waals surface area contributed by atoms with Crippen LogP contribution in [-0.2, 0) is 20.9 Å². The minimum Gasteiger partial charge on any atom is -0.373 e. The molecule has 24 heavy (non-hydrogen) atoms. The van der Waals surface area contributed by atoms with Gasteiger partial charge in [0.2, 0.25) is 5.91 Å². The standard InChI is InChI=1S/C19H30N2O3/c1-14(21-11-15(2)24-16(3)12-21)10-20-19(22)17(4)23-13-18-8-6-5-7-9-18/h5-9,14-17H,10-13H2,1-4H3,(H,20,22)/t14-,15-,16-,17-/m1/s1. The molecule has 0 bridgehead atoms. The van der Waals surface area contributed by atoms with Crippen LogP contribution in [0.5, 0.6) is 0 Å².